The van der Waals surface area contributed by atoms with Gasteiger partial charge in [-0.15, -0.1) is 0 Å². The maximum Gasteiger partial charge on any atom is 0.302 e. The minimum Gasteiger partial charge on any atom is -0.461 e. The van der Waals surface area contributed by atoms with Gasteiger partial charge in [-0.2, -0.15) is 0 Å². The average Bonchev–Trinajstić information content (AvgIpc) is 2.41. The van der Waals surface area contributed by atoms with Crippen LogP contribution in [0.25, 0.3) is 5.57 Å². The molecule has 18 heavy (non-hydrogen) atoms. The predicted octanol–water partition coefficient (Wildman–Crippen LogP) is 3.97. The first-order valence-corrected chi connectivity index (χ1v) is 6.67. The molecule has 96 valence electrons. The summed E-state index contributed by atoms with van der Waals surface area (Å²) in [7, 11) is 0. The number of hydrogen-bond donors (Lipinski definition) is 0. The number of allylic oxidation sites excluding steroid dienone is 1. The number of rotatable bonds is 3. The molecule has 1 aliphatic rings. The zero-order chi connectivity index (χ0) is 12.8. The van der Waals surface area contributed by atoms with Crippen LogP contribution in [0.2, 0.25) is 0 Å². The third kappa shape index (κ3) is 3.46. The summed E-state index contributed by atoms with van der Waals surface area (Å²) in [5.41, 5.74) is 3.87. The highest BCUT2D eigenvalue weighted by molar-refractivity contribution is 5.73. The summed E-state index contributed by atoms with van der Waals surface area (Å²) in [5.74, 6) is -0.208. The lowest BCUT2D eigenvalue weighted by Gasteiger charge is -2.19. The minimum atomic E-state index is -0.208. The number of ether oxygens (including phenoxy) is 1. The molecular formula is C16H20O2. The van der Waals surface area contributed by atoms with Crippen molar-refractivity contribution < 1.29 is 9.53 Å². The van der Waals surface area contributed by atoms with Gasteiger partial charge in [0.1, 0.15) is 6.61 Å². The van der Waals surface area contributed by atoms with E-state index in [2.05, 4.69) is 12.1 Å². The molecule has 0 unspecified atom stereocenters. The topological polar surface area (TPSA) is 26.3 Å². The van der Waals surface area contributed by atoms with Gasteiger partial charge >= 0.3 is 5.97 Å². The Morgan fingerprint density at radius 2 is 1.78 bits per heavy atom. The summed E-state index contributed by atoms with van der Waals surface area (Å²) in [6.45, 7) is 1.88. The van der Waals surface area contributed by atoms with E-state index in [1.165, 1.54) is 42.9 Å². The molecule has 0 bridgehead atoms. The molecule has 2 heteroatoms. The number of carbonyl (C=O) groups is 1. The van der Waals surface area contributed by atoms with Gasteiger partial charge in [0, 0.05) is 6.92 Å². The molecule has 0 radical (unpaired) electrons. The Morgan fingerprint density at radius 3 is 2.39 bits per heavy atom. The molecular weight excluding hydrogens is 224 g/mol. The first-order valence-electron chi connectivity index (χ1n) is 6.67. The van der Waals surface area contributed by atoms with Crippen LogP contribution in [0.1, 0.15) is 44.6 Å². The van der Waals surface area contributed by atoms with E-state index < -0.39 is 0 Å². The molecule has 0 heterocycles. The van der Waals surface area contributed by atoms with Gasteiger partial charge in [0.25, 0.3) is 0 Å². The second-order valence-electron chi connectivity index (χ2n) is 4.79. The Balaban J connectivity index is 2.24. The average molecular weight is 244 g/mol. The molecule has 1 fully saturated rings. The largest absolute Gasteiger partial charge is 0.461 e. The lowest BCUT2D eigenvalue weighted by Crippen LogP contribution is -2.07. The normalized spacial score (nSPS) is 15.3. The molecule has 0 atom stereocenters. The van der Waals surface area contributed by atoms with Gasteiger partial charge in [-0.05, 0) is 36.8 Å². The number of esters is 1. The Bertz CT molecular complexity index is 424. The standard InChI is InChI=1S/C16H20O2/c1-13(17)18-12-16(14-8-4-2-5-9-14)15-10-6-3-7-11-15/h2,4-5,8-9H,3,6-7,10-12H2,1H3. The fraction of sp³-hybridized carbons (Fsp3) is 0.438. The monoisotopic (exact) mass is 244 g/mol. The maximum atomic E-state index is 11.0. The van der Waals surface area contributed by atoms with Crippen molar-refractivity contribution in [1.82, 2.24) is 0 Å². The Kier molecular flexibility index (Phi) is 4.57. The highest BCUT2D eigenvalue weighted by Gasteiger charge is 2.13. The summed E-state index contributed by atoms with van der Waals surface area (Å²) in [6.07, 6.45) is 6.12. The van der Waals surface area contributed by atoms with Crippen molar-refractivity contribution in [2.75, 3.05) is 6.61 Å². The van der Waals surface area contributed by atoms with E-state index in [1.807, 2.05) is 18.2 Å². The van der Waals surface area contributed by atoms with E-state index in [9.17, 15) is 4.79 Å². The molecule has 0 aliphatic heterocycles. The van der Waals surface area contributed by atoms with Crippen LogP contribution in [0.3, 0.4) is 0 Å². The molecule has 0 saturated heterocycles. The van der Waals surface area contributed by atoms with Gasteiger partial charge in [-0.3, -0.25) is 4.79 Å². The summed E-state index contributed by atoms with van der Waals surface area (Å²) in [5, 5.41) is 0. The number of hydrogen-bond acceptors (Lipinski definition) is 2. The second-order valence-corrected chi connectivity index (χ2v) is 4.79. The summed E-state index contributed by atoms with van der Waals surface area (Å²) < 4.78 is 5.21. The molecule has 0 spiro atoms. The highest BCUT2D eigenvalue weighted by Crippen LogP contribution is 2.30. The van der Waals surface area contributed by atoms with Crippen molar-refractivity contribution in [3.8, 4) is 0 Å². The predicted molar refractivity (Wildman–Crippen MR) is 73.1 cm³/mol. The van der Waals surface area contributed by atoms with Crippen molar-refractivity contribution >= 4 is 11.5 Å². The Hall–Kier alpha value is -1.57. The molecule has 0 aromatic heterocycles. The first-order chi connectivity index (χ1) is 8.77. The van der Waals surface area contributed by atoms with Crippen molar-refractivity contribution in [2.45, 2.75) is 39.0 Å². The first kappa shape index (κ1) is 12.9. The van der Waals surface area contributed by atoms with E-state index in [4.69, 9.17) is 4.74 Å². The Morgan fingerprint density at radius 1 is 1.11 bits per heavy atom. The third-order valence-corrected chi connectivity index (χ3v) is 3.43. The van der Waals surface area contributed by atoms with Crippen molar-refractivity contribution in [1.29, 1.82) is 0 Å². The van der Waals surface area contributed by atoms with Crippen LogP contribution in [0.15, 0.2) is 35.9 Å². The summed E-state index contributed by atoms with van der Waals surface area (Å²) in [6, 6.07) is 10.3. The van der Waals surface area contributed by atoms with Crippen molar-refractivity contribution in [3.05, 3.63) is 41.5 Å². The minimum absolute atomic E-state index is 0.208. The molecule has 1 aromatic rings. The van der Waals surface area contributed by atoms with E-state index in [0.29, 0.717) is 6.61 Å². The zero-order valence-electron chi connectivity index (χ0n) is 10.9. The van der Waals surface area contributed by atoms with E-state index in [1.54, 1.807) is 0 Å². The smallest absolute Gasteiger partial charge is 0.302 e. The number of benzene rings is 1. The highest BCUT2D eigenvalue weighted by atomic mass is 16.5. The van der Waals surface area contributed by atoms with Gasteiger partial charge in [-0.1, -0.05) is 42.3 Å². The van der Waals surface area contributed by atoms with E-state index in [0.717, 1.165) is 12.8 Å². The van der Waals surface area contributed by atoms with Crippen LogP contribution in [0.5, 0.6) is 0 Å². The van der Waals surface area contributed by atoms with Gasteiger partial charge in [-0.25, -0.2) is 0 Å². The van der Waals surface area contributed by atoms with Crippen LogP contribution in [-0.2, 0) is 9.53 Å². The van der Waals surface area contributed by atoms with Gasteiger partial charge in [0.05, 0.1) is 0 Å². The van der Waals surface area contributed by atoms with Crippen LogP contribution in [0, 0.1) is 0 Å². The van der Waals surface area contributed by atoms with Crippen molar-refractivity contribution in [2.24, 2.45) is 0 Å². The molecule has 2 rings (SSSR count). The molecule has 1 aromatic carbocycles. The van der Waals surface area contributed by atoms with Crippen LogP contribution >= 0.6 is 0 Å². The van der Waals surface area contributed by atoms with Gasteiger partial charge < -0.3 is 4.74 Å². The van der Waals surface area contributed by atoms with E-state index >= 15 is 0 Å². The molecule has 0 amide bonds. The lowest BCUT2D eigenvalue weighted by molar-refractivity contribution is -0.139. The van der Waals surface area contributed by atoms with Crippen molar-refractivity contribution in [3.63, 3.8) is 0 Å². The lowest BCUT2D eigenvalue weighted by atomic mass is 9.88. The fourth-order valence-corrected chi connectivity index (χ4v) is 2.48. The quantitative estimate of drug-likeness (QED) is 0.752. The van der Waals surface area contributed by atoms with Crippen LogP contribution < -0.4 is 0 Å². The zero-order valence-corrected chi connectivity index (χ0v) is 10.9. The van der Waals surface area contributed by atoms with Crippen LogP contribution in [0.4, 0.5) is 0 Å². The molecule has 1 aliphatic carbocycles. The third-order valence-electron chi connectivity index (χ3n) is 3.43. The molecule has 0 N–H and O–H groups in total. The van der Waals surface area contributed by atoms with Gasteiger partial charge in [0.15, 0.2) is 0 Å². The fourth-order valence-electron chi connectivity index (χ4n) is 2.48. The number of carbonyl (C=O) groups excluding carboxylic acids is 1. The summed E-state index contributed by atoms with van der Waals surface area (Å²) in [4.78, 5) is 11.0. The Labute approximate surface area is 109 Å². The second kappa shape index (κ2) is 6.39. The van der Waals surface area contributed by atoms with Crippen LogP contribution in [-0.4, -0.2) is 12.6 Å². The maximum absolute atomic E-state index is 11.0. The summed E-state index contributed by atoms with van der Waals surface area (Å²) >= 11 is 0. The van der Waals surface area contributed by atoms with Gasteiger partial charge in [0.2, 0.25) is 0 Å². The molecule has 1 saturated carbocycles. The SMILES string of the molecule is CC(=O)OCC(=C1CCCCC1)c1ccccc1. The van der Waals surface area contributed by atoms with E-state index in [-0.39, 0.29) is 5.97 Å². The molecule has 2 nitrogen and oxygen atoms in total.